The van der Waals surface area contributed by atoms with Crippen LogP contribution in [-0.4, -0.2) is 16.4 Å². The van der Waals surface area contributed by atoms with Crippen LogP contribution in [0.1, 0.15) is 28.8 Å². The number of aryl methyl sites for hydroxylation is 2. The molecule has 0 saturated heterocycles. The Hall–Kier alpha value is -2.88. The highest BCUT2D eigenvalue weighted by Gasteiger charge is 2.11. The molecule has 3 aromatic rings. The van der Waals surface area contributed by atoms with E-state index in [1.54, 1.807) is 10.8 Å². The maximum absolute atomic E-state index is 12.4. The van der Waals surface area contributed by atoms with Crippen LogP contribution in [0.2, 0.25) is 0 Å². The van der Waals surface area contributed by atoms with Gasteiger partial charge in [0.2, 0.25) is 11.8 Å². The van der Waals surface area contributed by atoms with E-state index in [-0.39, 0.29) is 24.7 Å². The Morgan fingerprint density at radius 3 is 2.42 bits per heavy atom. The second-order valence-electron chi connectivity index (χ2n) is 6.06. The van der Waals surface area contributed by atoms with Crippen LogP contribution in [0, 0.1) is 13.8 Å². The molecule has 2 aromatic carbocycles. The maximum Gasteiger partial charge on any atom is 0.231 e. The van der Waals surface area contributed by atoms with Crippen LogP contribution in [-0.2, 0) is 4.79 Å². The molecule has 3 rings (SSSR count). The summed E-state index contributed by atoms with van der Waals surface area (Å²) < 4.78 is 1.61. The van der Waals surface area contributed by atoms with Crippen molar-refractivity contribution in [2.45, 2.75) is 26.7 Å². The average molecular weight is 320 g/mol. The topological polar surface area (TPSA) is 51.1 Å². The third kappa shape index (κ3) is 3.54. The van der Waals surface area contributed by atoms with Gasteiger partial charge in [-0.3, -0.25) is 14.2 Å². The number of hydrogen-bond donors (Lipinski definition) is 1. The number of nitrogens with zero attached hydrogens (tertiary/aromatic N) is 1. The minimum Gasteiger partial charge on any atom is -0.326 e. The molecule has 122 valence electrons. The lowest BCUT2D eigenvalue weighted by Gasteiger charge is -2.08. The maximum atomic E-state index is 12.4. The van der Waals surface area contributed by atoms with Crippen LogP contribution in [0.3, 0.4) is 0 Å². The first-order chi connectivity index (χ1) is 11.5. The van der Waals surface area contributed by atoms with E-state index in [0.29, 0.717) is 0 Å². The number of carbonyl (C=O) groups is 2. The van der Waals surface area contributed by atoms with E-state index in [2.05, 4.69) is 11.4 Å². The van der Waals surface area contributed by atoms with Crippen LogP contribution in [0.25, 0.3) is 10.9 Å². The Morgan fingerprint density at radius 2 is 1.67 bits per heavy atom. The minimum absolute atomic E-state index is 0.0771. The van der Waals surface area contributed by atoms with Crippen molar-refractivity contribution >= 4 is 28.4 Å². The fourth-order valence-electron chi connectivity index (χ4n) is 2.91. The monoisotopic (exact) mass is 320 g/mol. The van der Waals surface area contributed by atoms with Gasteiger partial charge in [-0.15, -0.1) is 0 Å². The summed E-state index contributed by atoms with van der Waals surface area (Å²) in [6.45, 7) is 3.98. The molecule has 0 aliphatic rings. The van der Waals surface area contributed by atoms with E-state index in [1.807, 2.05) is 56.3 Å². The van der Waals surface area contributed by atoms with Crippen molar-refractivity contribution in [3.05, 3.63) is 65.9 Å². The molecule has 0 spiro atoms. The lowest BCUT2D eigenvalue weighted by Crippen LogP contribution is -2.16. The first kappa shape index (κ1) is 16.0. The summed E-state index contributed by atoms with van der Waals surface area (Å²) >= 11 is 0. The SMILES string of the molecule is Cc1cc(C)cc(NC(=O)CCC(=O)n2ccc3ccccc32)c1. The van der Waals surface area contributed by atoms with E-state index >= 15 is 0 Å². The highest BCUT2D eigenvalue weighted by molar-refractivity contribution is 5.96. The molecule has 0 aliphatic carbocycles. The highest BCUT2D eigenvalue weighted by Crippen LogP contribution is 2.17. The van der Waals surface area contributed by atoms with Crippen LogP contribution in [0.5, 0.6) is 0 Å². The summed E-state index contributed by atoms with van der Waals surface area (Å²) in [5.74, 6) is -0.225. The van der Waals surface area contributed by atoms with Gasteiger partial charge in [-0.1, -0.05) is 24.3 Å². The zero-order valence-corrected chi connectivity index (χ0v) is 13.9. The smallest absolute Gasteiger partial charge is 0.231 e. The summed E-state index contributed by atoms with van der Waals surface area (Å²) in [5, 5.41) is 3.88. The quantitative estimate of drug-likeness (QED) is 0.778. The Bertz CT molecular complexity index is 889. The molecule has 1 aromatic heterocycles. The van der Waals surface area contributed by atoms with E-state index in [4.69, 9.17) is 0 Å². The molecule has 4 nitrogen and oxygen atoms in total. The van der Waals surface area contributed by atoms with Crippen molar-refractivity contribution in [2.75, 3.05) is 5.32 Å². The van der Waals surface area contributed by atoms with Gasteiger partial charge in [0.15, 0.2) is 0 Å². The van der Waals surface area contributed by atoms with Crippen LogP contribution in [0.4, 0.5) is 5.69 Å². The average Bonchev–Trinajstić information content (AvgIpc) is 2.95. The number of benzene rings is 2. The van der Waals surface area contributed by atoms with Crippen LogP contribution < -0.4 is 5.32 Å². The van der Waals surface area contributed by atoms with Gasteiger partial charge in [-0.05, 0) is 49.2 Å². The minimum atomic E-state index is -0.148. The molecule has 24 heavy (non-hydrogen) atoms. The lowest BCUT2D eigenvalue weighted by atomic mass is 10.1. The summed E-state index contributed by atoms with van der Waals surface area (Å²) in [6.07, 6.45) is 2.10. The van der Waals surface area contributed by atoms with Crippen molar-refractivity contribution in [3.8, 4) is 0 Å². The summed E-state index contributed by atoms with van der Waals surface area (Å²) in [7, 11) is 0. The Balaban J connectivity index is 1.62. The fourth-order valence-corrected chi connectivity index (χ4v) is 2.91. The molecular formula is C20H20N2O2. The molecule has 0 saturated carbocycles. The predicted molar refractivity (Wildman–Crippen MR) is 96.3 cm³/mol. The first-order valence-corrected chi connectivity index (χ1v) is 8.00. The molecule has 4 heteroatoms. The number of anilines is 1. The van der Waals surface area contributed by atoms with Crippen molar-refractivity contribution < 1.29 is 9.59 Å². The van der Waals surface area contributed by atoms with E-state index in [9.17, 15) is 9.59 Å². The Morgan fingerprint density at radius 1 is 0.958 bits per heavy atom. The third-order valence-corrected chi connectivity index (χ3v) is 3.94. The molecule has 0 unspecified atom stereocenters. The van der Waals surface area contributed by atoms with Gasteiger partial charge < -0.3 is 5.32 Å². The number of nitrogens with one attached hydrogen (secondary N) is 1. The standard InChI is InChI=1S/C20H20N2O2/c1-14-11-15(2)13-17(12-14)21-19(23)7-8-20(24)22-10-9-16-5-3-4-6-18(16)22/h3-6,9-13H,7-8H2,1-2H3,(H,21,23). The molecule has 1 amide bonds. The summed E-state index contributed by atoms with van der Waals surface area (Å²) in [6, 6.07) is 15.5. The molecule has 0 atom stereocenters. The van der Waals surface area contributed by atoms with Gasteiger partial charge in [0.25, 0.3) is 0 Å². The van der Waals surface area contributed by atoms with Crippen molar-refractivity contribution in [3.63, 3.8) is 0 Å². The van der Waals surface area contributed by atoms with Crippen molar-refractivity contribution in [1.82, 2.24) is 4.57 Å². The molecule has 0 radical (unpaired) electrons. The molecule has 1 heterocycles. The molecular weight excluding hydrogens is 300 g/mol. The van der Waals surface area contributed by atoms with Gasteiger partial charge in [0.1, 0.15) is 0 Å². The Kier molecular flexibility index (Phi) is 4.47. The highest BCUT2D eigenvalue weighted by atomic mass is 16.2. The van der Waals surface area contributed by atoms with Crippen molar-refractivity contribution in [2.24, 2.45) is 0 Å². The normalized spacial score (nSPS) is 10.8. The molecule has 0 fully saturated rings. The zero-order chi connectivity index (χ0) is 17.1. The second kappa shape index (κ2) is 6.71. The number of carbonyl (C=O) groups excluding carboxylic acids is 2. The Labute approximate surface area is 141 Å². The van der Waals surface area contributed by atoms with Gasteiger partial charge in [0.05, 0.1) is 5.52 Å². The fraction of sp³-hybridized carbons (Fsp3) is 0.200. The van der Waals surface area contributed by atoms with Crippen LogP contribution in [0.15, 0.2) is 54.7 Å². The second-order valence-corrected chi connectivity index (χ2v) is 6.06. The van der Waals surface area contributed by atoms with Gasteiger partial charge >= 0.3 is 0 Å². The summed E-state index contributed by atoms with van der Waals surface area (Å²) in [5.41, 5.74) is 3.84. The molecule has 0 aliphatic heterocycles. The molecule has 1 N–H and O–H groups in total. The predicted octanol–water partition coefficient (Wildman–Crippen LogP) is 4.32. The van der Waals surface area contributed by atoms with Crippen molar-refractivity contribution in [1.29, 1.82) is 0 Å². The number of amides is 1. The van der Waals surface area contributed by atoms with Gasteiger partial charge in [0, 0.05) is 30.1 Å². The number of rotatable bonds is 4. The largest absolute Gasteiger partial charge is 0.326 e. The van der Waals surface area contributed by atoms with E-state index in [1.165, 1.54) is 0 Å². The first-order valence-electron chi connectivity index (χ1n) is 8.00. The van der Waals surface area contributed by atoms with Gasteiger partial charge in [-0.2, -0.15) is 0 Å². The number of aromatic nitrogens is 1. The van der Waals surface area contributed by atoms with E-state index < -0.39 is 0 Å². The zero-order valence-electron chi connectivity index (χ0n) is 13.9. The van der Waals surface area contributed by atoms with E-state index in [0.717, 1.165) is 27.7 Å². The number of para-hydroxylation sites is 1. The van der Waals surface area contributed by atoms with Crippen LogP contribution >= 0.6 is 0 Å². The number of fused-ring (bicyclic) bond motifs is 1. The lowest BCUT2D eigenvalue weighted by molar-refractivity contribution is -0.116. The molecule has 0 bridgehead atoms. The van der Waals surface area contributed by atoms with Gasteiger partial charge in [-0.25, -0.2) is 0 Å². The number of hydrogen-bond acceptors (Lipinski definition) is 2. The summed E-state index contributed by atoms with van der Waals surface area (Å²) in [4.78, 5) is 24.5. The third-order valence-electron chi connectivity index (χ3n) is 3.94.